The molecule has 7 heteroatoms. The third-order valence-electron chi connectivity index (χ3n) is 3.80. The van der Waals surface area contributed by atoms with E-state index in [-0.39, 0.29) is 34.2 Å². The van der Waals surface area contributed by atoms with E-state index in [0.29, 0.717) is 12.8 Å². The van der Waals surface area contributed by atoms with E-state index in [1.807, 2.05) is 0 Å². The molecule has 2 rings (SSSR count). The number of hydrogen-bond acceptors (Lipinski definition) is 5. The van der Waals surface area contributed by atoms with Crippen LogP contribution >= 0.6 is 0 Å². The molecule has 1 aliphatic rings. The minimum Gasteiger partial charge on any atom is -0.506 e. The third-order valence-corrected chi connectivity index (χ3v) is 4.91. The lowest BCUT2D eigenvalue weighted by atomic mass is 9.86. The lowest BCUT2D eigenvalue weighted by molar-refractivity contribution is -0.120. The van der Waals surface area contributed by atoms with Crippen molar-refractivity contribution in [2.45, 2.75) is 36.6 Å². The zero-order valence-corrected chi connectivity index (χ0v) is 12.7. The first-order chi connectivity index (χ1) is 9.77. The van der Waals surface area contributed by atoms with E-state index in [1.165, 1.54) is 18.2 Å². The van der Waals surface area contributed by atoms with E-state index >= 15 is 0 Å². The molecular weight excluding hydrogens is 292 g/mol. The van der Waals surface area contributed by atoms with Crippen LogP contribution in [0.4, 0.5) is 5.69 Å². The molecule has 116 valence electrons. The summed E-state index contributed by atoms with van der Waals surface area (Å²) < 4.78 is 23.0. The summed E-state index contributed by atoms with van der Waals surface area (Å²) in [5, 5.41) is 12.4. The van der Waals surface area contributed by atoms with Crippen LogP contribution in [0.15, 0.2) is 23.1 Å². The van der Waals surface area contributed by atoms with Crippen LogP contribution in [0, 0.1) is 5.92 Å². The van der Waals surface area contributed by atoms with Gasteiger partial charge < -0.3 is 16.2 Å². The largest absolute Gasteiger partial charge is 0.506 e. The van der Waals surface area contributed by atoms with Crippen molar-refractivity contribution >= 4 is 21.4 Å². The minimum atomic E-state index is -3.39. The van der Waals surface area contributed by atoms with Crippen molar-refractivity contribution in [1.29, 1.82) is 0 Å². The highest BCUT2D eigenvalue weighted by molar-refractivity contribution is 7.90. The van der Waals surface area contributed by atoms with Gasteiger partial charge >= 0.3 is 0 Å². The highest BCUT2D eigenvalue weighted by Crippen LogP contribution is 2.29. The highest BCUT2D eigenvalue weighted by atomic mass is 32.2. The maximum atomic E-state index is 12.2. The predicted octanol–water partition coefficient (Wildman–Crippen LogP) is 1.25. The molecule has 6 nitrogen and oxygen atoms in total. The Kier molecular flexibility index (Phi) is 4.53. The summed E-state index contributed by atoms with van der Waals surface area (Å²) in [6.07, 6.45) is 4.09. The average molecular weight is 312 g/mol. The number of rotatable bonds is 3. The molecule has 0 aromatic heterocycles. The molecule has 1 aromatic rings. The summed E-state index contributed by atoms with van der Waals surface area (Å²) in [6, 6.07) is 4.00. The fraction of sp³-hybridized carbons (Fsp3) is 0.500. The number of benzene rings is 1. The number of amides is 1. The molecule has 1 aliphatic carbocycles. The molecule has 0 unspecified atom stereocenters. The molecule has 21 heavy (non-hydrogen) atoms. The van der Waals surface area contributed by atoms with Crippen LogP contribution in [0.25, 0.3) is 0 Å². The van der Waals surface area contributed by atoms with Crippen LogP contribution in [0.2, 0.25) is 0 Å². The van der Waals surface area contributed by atoms with Crippen LogP contribution in [0.1, 0.15) is 25.7 Å². The SMILES string of the molecule is CS(=O)(=O)c1ccc(O)c(NC(=O)C2CCC(N)CC2)c1. The van der Waals surface area contributed by atoms with E-state index in [1.54, 1.807) is 0 Å². The molecule has 1 amide bonds. The summed E-state index contributed by atoms with van der Waals surface area (Å²) in [5.74, 6) is -0.503. The van der Waals surface area contributed by atoms with E-state index in [4.69, 9.17) is 5.73 Å². The standard InChI is InChI=1S/C14H20N2O4S/c1-21(19,20)11-6-7-13(17)12(8-11)16-14(18)9-2-4-10(15)5-3-9/h6-10,17H,2-5,15H2,1H3,(H,16,18). The van der Waals surface area contributed by atoms with Gasteiger partial charge in [0, 0.05) is 18.2 Å². The fourth-order valence-corrected chi connectivity index (χ4v) is 3.11. The van der Waals surface area contributed by atoms with Crippen molar-refractivity contribution in [3.8, 4) is 5.75 Å². The molecule has 0 heterocycles. The summed E-state index contributed by atoms with van der Waals surface area (Å²) in [6.45, 7) is 0. The second-order valence-corrected chi connectivity index (χ2v) is 7.57. The van der Waals surface area contributed by atoms with Crippen molar-refractivity contribution in [1.82, 2.24) is 0 Å². The minimum absolute atomic E-state index is 0.0567. The van der Waals surface area contributed by atoms with E-state index < -0.39 is 9.84 Å². The zero-order chi connectivity index (χ0) is 15.6. The van der Waals surface area contributed by atoms with Crippen molar-refractivity contribution in [2.24, 2.45) is 11.7 Å². The second-order valence-electron chi connectivity index (χ2n) is 5.55. The van der Waals surface area contributed by atoms with Gasteiger partial charge in [0.05, 0.1) is 10.6 Å². The summed E-state index contributed by atoms with van der Waals surface area (Å²) in [7, 11) is -3.39. The second kappa shape index (κ2) is 6.03. The van der Waals surface area contributed by atoms with Gasteiger partial charge in [-0.2, -0.15) is 0 Å². The van der Waals surface area contributed by atoms with Gasteiger partial charge in [-0.3, -0.25) is 4.79 Å². The highest BCUT2D eigenvalue weighted by Gasteiger charge is 2.25. The molecule has 4 N–H and O–H groups in total. The van der Waals surface area contributed by atoms with Gasteiger partial charge in [0.1, 0.15) is 5.75 Å². The van der Waals surface area contributed by atoms with Gasteiger partial charge in [-0.05, 0) is 43.9 Å². The molecular formula is C14H20N2O4S. The molecule has 0 atom stereocenters. The first kappa shape index (κ1) is 15.8. The Morgan fingerprint density at radius 3 is 2.48 bits per heavy atom. The maximum Gasteiger partial charge on any atom is 0.227 e. The number of carbonyl (C=O) groups excluding carboxylic acids is 1. The summed E-state index contributed by atoms with van der Waals surface area (Å²) in [5.41, 5.74) is 5.93. The van der Waals surface area contributed by atoms with Crippen LogP contribution in [-0.4, -0.2) is 31.7 Å². The molecule has 1 fully saturated rings. The normalized spacial score (nSPS) is 22.8. The number of nitrogens with one attached hydrogen (secondary N) is 1. The monoisotopic (exact) mass is 312 g/mol. The molecule has 0 spiro atoms. The van der Waals surface area contributed by atoms with Gasteiger partial charge in [0.25, 0.3) is 0 Å². The predicted molar refractivity (Wildman–Crippen MR) is 79.8 cm³/mol. The molecule has 0 saturated heterocycles. The number of sulfone groups is 1. The molecule has 0 bridgehead atoms. The van der Waals surface area contributed by atoms with Gasteiger partial charge in [-0.1, -0.05) is 0 Å². The van der Waals surface area contributed by atoms with Gasteiger partial charge in [0.2, 0.25) is 5.91 Å². The van der Waals surface area contributed by atoms with Crippen LogP contribution < -0.4 is 11.1 Å². The summed E-state index contributed by atoms with van der Waals surface area (Å²) in [4.78, 5) is 12.2. The average Bonchev–Trinajstić information content (AvgIpc) is 2.40. The van der Waals surface area contributed by atoms with Gasteiger partial charge in [-0.15, -0.1) is 0 Å². The van der Waals surface area contributed by atoms with Gasteiger partial charge in [0.15, 0.2) is 9.84 Å². The number of hydrogen-bond donors (Lipinski definition) is 3. The Morgan fingerprint density at radius 2 is 1.90 bits per heavy atom. The maximum absolute atomic E-state index is 12.2. The van der Waals surface area contributed by atoms with Crippen molar-refractivity contribution in [3.63, 3.8) is 0 Å². The Morgan fingerprint density at radius 1 is 1.29 bits per heavy atom. The number of anilines is 1. The van der Waals surface area contributed by atoms with E-state index in [0.717, 1.165) is 19.1 Å². The number of aromatic hydroxyl groups is 1. The lowest BCUT2D eigenvalue weighted by Crippen LogP contribution is -2.32. The molecule has 1 aromatic carbocycles. The number of nitrogens with two attached hydrogens (primary N) is 1. The first-order valence-corrected chi connectivity index (χ1v) is 8.76. The summed E-state index contributed by atoms with van der Waals surface area (Å²) >= 11 is 0. The lowest BCUT2D eigenvalue weighted by Gasteiger charge is -2.25. The zero-order valence-electron chi connectivity index (χ0n) is 11.9. The van der Waals surface area contributed by atoms with E-state index in [9.17, 15) is 18.3 Å². The van der Waals surface area contributed by atoms with Crippen LogP contribution in [0.3, 0.4) is 0 Å². The molecule has 0 aliphatic heterocycles. The van der Waals surface area contributed by atoms with Crippen molar-refractivity contribution in [2.75, 3.05) is 11.6 Å². The Hall–Kier alpha value is -1.60. The Labute approximate surface area is 124 Å². The molecule has 0 radical (unpaired) electrons. The number of carbonyl (C=O) groups is 1. The Balaban J connectivity index is 2.14. The quantitative estimate of drug-likeness (QED) is 0.728. The van der Waals surface area contributed by atoms with Crippen molar-refractivity contribution < 1.29 is 18.3 Å². The molecule has 1 saturated carbocycles. The van der Waals surface area contributed by atoms with Crippen molar-refractivity contribution in [3.05, 3.63) is 18.2 Å². The van der Waals surface area contributed by atoms with E-state index in [2.05, 4.69) is 5.32 Å². The topological polar surface area (TPSA) is 109 Å². The number of phenols is 1. The smallest absolute Gasteiger partial charge is 0.227 e. The fourth-order valence-electron chi connectivity index (χ4n) is 2.46. The van der Waals surface area contributed by atoms with Crippen LogP contribution in [0.5, 0.6) is 5.75 Å². The first-order valence-electron chi connectivity index (χ1n) is 6.87. The van der Waals surface area contributed by atoms with Crippen LogP contribution in [-0.2, 0) is 14.6 Å². The Bertz CT molecular complexity index is 634. The van der Waals surface area contributed by atoms with Gasteiger partial charge in [-0.25, -0.2) is 8.42 Å². The number of phenolic OH excluding ortho intramolecular Hbond substituents is 1. The third kappa shape index (κ3) is 3.95.